The van der Waals surface area contributed by atoms with Gasteiger partial charge in [-0.25, -0.2) is 4.79 Å². The number of nitrogens with zero attached hydrogens (tertiary/aromatic N) is 2. The van der Waals surface area contributed by atoms with Crippen LogP contribution in [0.25, 0.3) is 11.1 Å². The lowest BCUT2D eigenvalue weighted by molar-refractivity contribution is -0.130. The Bertz CT molecular complexity index is 956. The second-order valence-corrected chi connectivity index (χ2v) is 6.57. The molecule has 0 aliphatic rings. The van der Waals surface area contributed by atoms with E-state index in [2.05, 4.69) is 0 Å². The molecule has 1 amide bonds. The smallest absolute Gasteiger partial charge is 0.419 e. The Morgan fingerprint density at radius 3 is 2.67 bits per heavy atom. The first-order valence-electron chi connectivity index (χ1n) is 9.06. The maximum Gasteiger partial charge on any atom is 0.419 e. The Hall–Kier alpha value is -3.02. The summed E-state index contributed by atoms with van der Waals surface area (Å²) in [4.78, 5) is 25.9. The third-order valence-corrected chi connectivity index (χ3v) is 4.49. The summed E-state index contributed by atoms with van der Waals surface area (Å²) in [6, 6.07) is 15.1. The molecule has 0 N–H and O–H groups in total. The monoisotopic (exact) mass is 368 g/mol. The fourth-order valence-corrected chi connectivity index (χ4v) is 2.86. The van der Waals surface area contributed by atoms with Crippen LogP contribution in [0.3, 0.4) is 0 Å². The molecular weight excluding hydrogens is 344 g/mol. The van der Waals surface area contributed by atoms with Gasteiger partial charge < -0.3 is 14.1 Å². The van der Waals surface area contributed by atoms with Crippen LogP contribution in [-0.4, -0.2) is 35.6 Å². The molecule has 142 valence electrons. The highest BCUT2D eigenvalue weighted by molar-refractivity contribution is 5.76. The van der Waals surface area contributed by atoms with Crippen molar-refractivity contribution in [1.82, 2.24) is 9.47 Å². The maximum absolute atomic E-state index is 12.3. The highest BCUT2D eigenvalue weighted by atomic mass is 16.5. The number of aromatic nitrogens is 1. The number of rotatable bonds is 8. The van der Waals surface area contributed by atoms with E-state index in [0.717, 1.165) is 11.3 Å². The van der Waals surface area contributed by atoms with Gasteiger partial charge in [0.05, 0.1) is 12.1 Å². The topological polar surface area (TPSA) is 64.7 Å². The maximum atomic E-state index is 12.3. The highest BCUT2D eigenvalue weighted by Gasteiger charge is 2.11. The molecule has 0 unspecified atom stereocenters. The minimum Gasteiger partial charge on any atom is -0.492 e. The van der Waals surface area contributed by atoms with Crippen LogP contribution in [0.2, 0.25) is 0 Å². The van der Waals surface area contributed by atoms with Gasteiger partial charge in [-0.1, -0.05) is 29.8 Å². The molecule has 0 atom stereocenters. The van der Waals surface area contributed by atoms with Crippen molar-refractivity contribution in [3.8, 4) is 5.75 Å². The molecule has 6 heteroatoms. The van der Waals surface area contributed by atoms with Gasteiger partial charge >= 0.3 is 5.76 Å². The predicted octanol–water partition coefficient (Wildman–Crippen LogP) is 3.22. The molecule has 0 saturated heterocycles. The van der Waals surface area contributed by atoms with E-state index in [1.807, 2.05) is 49.4 Å². The summed E-state index contributed by atoms with van der Waals surface area (Å²) in [6.45, 7) is 3.43. The SMILES string of the molecule is Cc1ccc(OCCN(C)C(=O)CCCn2c(=O)oc3ccccc32)cc1. The number of carbonyl (C=O) groups excluding carboxylic acids is 1. The first-order valence-corrected chi connectivity index (χ1v) is 9.06. The molecule has 0 fully saturated rings. The van der Waals surface area contributed by atoms with Gasteiger partial charge in [-0.3, -0.25) is 9.36 Å². The van der Waals surface area contributed by atoms with Gasteiger partial charge in [-0.2, -0.15) is 0 Å². The van der Waals surface area contributed by atoms with Gasteiger partial charge in [-0.05, 0) is 37.6 Å². The van der Waals surface area contributed by atoms with E-state index in [1.54, 1.807) is 22.6 Å². The zero-order valence-electron chi connectivity index (χ0n) is 15.7. The van der Waals surface area contributed by atoms with E-state index in [0.29, 0.717) is 38.1 Å². The van der Waals surface area contributed by atoms with Crippen LogP contribution in [0.4, 0.5) is 0 Å². The summed E-state index contributed by atoms with van der Waals surface area (Å²) in [5.41, 5.74) is 2.51. The fraction of sp³-hybridized carbons (Fsp3) is 0.333. The Labute approximate surface area is 158 Å². The number of oxazole rings is 1. The summed E-state index contributed by atoms with van der Waals surface area (Å²) in [6.07, 6.45) is 0.943. The predicted molar refractivity (Wildman–Crippen MR) is 104 cm³/mol. The van der Waals surface area contributed by atoms with Crippen LogP contribution in [0.15, 0.2) is 57.7 Å². The average molecular weight is 368 g/mol. The van der Waals surface area contributed by atoms with Crippen LogP contribution < -0.4 is 10.5 Å². The molecular formula is C21H24N2O4. The Morgan fingerprint density at radius 2 is 1.89 bits per heavy atom. The molecule has 3 rings (SSSR count). The molecule has 3 aromatic rings. The molecule has 0 radical (unpaired) electrons. The standard InChI is InChI=1S/C21H24N2O4/c1-16-9-11-17(12-10-16)26-15-14-22(2)20(24)8-5-13-23-18-6-3-4-7-19(18)27-21(23)25/h3-4,6-7,9-12H,5,8,13-15H2,1-2H3. The number of likely N-dealkylation sites (N-methyl/N-ethyl adjacent to an activating group) is 1. The second-order valence-electron chi connectivity index (χ2n) is 6.57. The zero-order valence-corrected chi connectivity index (χ0v) is 15.7. The molecule has 1 heterocycles. The third-order valence-electron chi connectivity index (χ3n) is 4.49. The number of hydrogen-bond donors (Lipinski definition) is 0. The first-order chi connectivity index (χ1) is 13.0. The molecule has 1 aromatic heterocycles. The molecule has 0 saturated carbocycles. The minimum atomic E-state index is -0.386. The molecule has 6 nitrogen and oxygen atoms in total. The van der Waals surface area contributed by atoms with Crippen LogP contribution in [0.1, 0.15) is 18.4 Å². The van der Waals surface area contributed by atoms with Crippen molar-refractivity contribution in [2.45, 2.75) is 26.3 Å². The molecule has 0 spiro atoms. The molecule has 0 aliphatic heterocycles. The summed E-state index contributed by atoms with van der Waals surface area (Å²) < 4.78 is 12.4. The Morgan fingerprint density at radius 1 is 1.15 bits per heavy atom. The first kappa shape index (κ1) is 18.8. The van der Waals surface area contributed by atoms with Gasteiger partial charge in [0, 0.05) is 20.0 Å². The van der Waals surface area contributed by atoms with Gasteiger partial charge in [-0.15, -0.1) is 0 Å². The third kappa shape index (κ3) is 4.78. The Balaban J connectivity index is 1.43. The molecule has 0 aliphatic carbocycles. The van der Waals surface area contributed by atoms with Crippen molar-refractivity contribution in [3.63, 3.8) is 0 Å². The van der Waals surface area contributed by atoms with E-state index in [9.17, 15) is 9.59 Å². The number of amides is 1. The van der Waals surface area contributed by atoms with Crippen molar-refractivity contribution in [2.24, 2.45) is 0 Å². The van der Waals surface area contributed by atoms with Crippen molar-refractivity contribution in [1.29, 1.82) is 0 Å². The van der Waals surface area contributed by atoms with Gasteiger partial charge in [0.2, 0.25) is 5.91 Å². The van der Waals surface area contributed by atoms with Gasteiger partial charge in [0.15, 0.2) is 5.58 Å². The van der Waals surface area contributed by atoms with Crippen LogP contribution in [0.5, 0.6) is 5.75 Å². The van der Waals surface area contributed by atoms with E-state index in [1.165, 1.54) is 5.56 Å². The lowest BCUT2D eigenvalue weighted by atomic mass is 10.2. The van der Waals surface area contributed by atoms with Crippen molar-refractivity contribution < 1.29 is 13.9 Å². The van der Waals surface area contributed by atoms with Gasteiger partial charge in [0.25, 0.3) is 0 Å². The molecule has 2 aromatic carbocycles. The number of hydrogen-bond acceptors (Lipinski definition) is 4. The normalized spacial score (nSPS) is 10.9. The highest BCUT2D eigenvalue weighted by Crippen LogP contribution is 2.13. The van der Waals surface area contributed by atoms with E-state index < -0.39 is 0 Å². The van der Waals surface area contributed by atoms with Crippen molar-refractivity contribution >= 4 is 17.0 Å². The van der Waals surface area contributed by atoms with Crippen molar-refractivity contribution in [3.05, 3.63) is 64.6 Å². The number of aryl methyl sites for hydroxylation is 2. The van der Waals surface area contributed by atoms with Crippen LogP contribution in [0, 0.1) is 6.92 Å². The van der Waals surface area contributed by atoms with E-state index in [4.69, 9.17) is 9.15 Å². The minimum absolute atomic E-state index is 0.0309. The number of fused-ring (bicyclic) bond motifs is 1. The van der Waals surface area contributed by atoms with Gasteiger partial charge in [0.1, 0.15) is 12.4 Å². The summed E-state index contributed by atoms with van der Waals surface area (Å²) in [5, 5.41) is 0. The number of benzene rings is 2. The van der Waals surface area contributed by atoms with Crippen LogP contribution in [-0.2, 0) is 11.3 Å². The van der Waals surface area contributed by atoms with Crippen molar-refractivity contribution in [2.75, 3.05) is 20.2 Å². The Kier molecular flexibility index (Phi) is 5.96. The second kappa shape index (κ2) is 8.58. The quantitative estimate of drug-likeness (QED) is 0.612. The number of carbonyl (C=O) groups is 1. The lowest BCUT2D eigenvalue weighted by Crippen LogP contribution is -2.31. The molecule has 0 bridgehead atoms. The van der Waals surface area contributed by atoms with E-state index in [-0.39, 0.29) is 11.7 Å². The summed E-state index contributed by atoms with van der Waals surface area (Å²) >= 11 is 0. The van der Waals surface area contributed by atoms with E-state index >= 15 is 0 Å². The summed E-state index contributed by atoms with van der Waals surface area (Å²) in [5.74, 6) is 0.444. The van der Waals surface area contributed by atoms with Crippen LogP contribution >= 0.6 is 0 Å². The fourth-order valence-electron chi connectivity index (χ4n) is 2.86. The number of ether oxygens (including phenoxy) is 1. The largest absolute Gasteiger partial charge is 0.492 e. The average Bonchev–Trinajstić information content (AvgIpc) is 2.98. The zero-order chi connectivity index (χ0) is 19.2. The summed E-state index contributed by atoms with van der Waals surface area (Å²) in [7, 11) is 1.76. The number of para-hydroxylation sites is 2. The molecule has 27 heavy (non-hydrogen) atoms. The lowest BCUT2D eigenvalue weighted by Gasteiger charge is -2.17.